The fourth-order valence-electron chi connectivity index (χ4n) is 6.01. The molecule has 49 heavy (non-hydrogen) atoms. The van der Waals surface area contributed by atoms with Crippen molar-refractivity contribution in [2.45, 2.75) is 19.3 Å². The molecule has 12 nitrogen and oxygen atoms in total. The molecule has 258 valence electrons. The highest BCUT2D eigenvalue weighted by molar-refractivity contribution is 9.10. The minimum Gasteiger partial charge on any atom is -0.493 e. The lowest BCUT2D eigenvalue weighted by atomic mass is 10.0. The molecule has 2 saturated heterocycles. The lowest BCUT2D eigenvalue weighted by molar-refractivity contribution is -0.143. The molecule has 0 unspecified atom stereocenters. The Morgan fingerprint density at radius 2 is 1.69 bits per heavy atom. The molecule has 0 spiro atoms. The zero-order chi connectivity index (χ0) is 34.2. The standard InChI is InChI=1S/C35H39BrFN7O5/c1-47-31-22-26-27(23-32(31)49-17-3-2-10-42-15-18-48-19-16-42)33(41-40-30(26)20-24-6-8-38-9-7-24)43-11-13-44(14-12-43)35(46)34(45)39-29-5-4-25(36)21-28(29)37/h4-9,21-23H,2-3,10-20H2,1H3,(H,39,45). The second-order valence-electron chi connectivity index (χ2n) is 11.9. The molecular formula is C35H39BrFN7O5. The van der Waals surface area contributed by atoms with E-state index in [1.54, 1.807) is 25.6 Å². The van der Waals surface area contributed by atoms with Gasteiger partial charge in [0, 0.05) is 73.3 Å². The van der Waals surface area contributed by atoms with Gasteiger partial charge in [-0.05, 0) is 67.4 Å². The van der Waals surface area contributed by atoms with E-state index < -0.39 is 17.6 Å². The van der Waals surface area contributed by atoms with Crippen molar-refractivity contribution in [3.05, 3.63) is 76.4 Å². The number of benzene rings is 2. The van der Waals surface area contributed by atoms with Crippen LogP contribution >= 0.6 is 15.9 Å². The van der Waals surface area contributed by atoms with Crippen LogP contribution in [0.4, 0.5) is 15.9 Å². The number of rotatable bonds is 11. The van der Waals surface area contributed by atoms with Crippen LogP contribution in [-0.2, 0) is 20.7 Å². The van der Waals surface area contributed by atoms with Crippen LogP contribution in [0.3, 0.4) is 0 Å². The number of hydrogen-bond acceptors (Lipinski definition) is 10. The monoisotopic (exact) mass is 735 g/mol. The first-order valence-electron chi connectivity index (χ1n) is 16.4. The van der Waals surface area contributed by atoms with Crippen molar-refractivity contribution in [1.29, 1.82) is 0 Å². The van der Waals surface area contributed by atoms with Crippen molar-refractivity contribution >= 4 is 50.0 Å². The summed E-state index contributed by atoms with van der Waals surface area (Å²) in [6, 6.07) is 12.0. The molecule has 2 fully saturated rings. The summed E-state index contributed by atoms with van der Waals surface area (Å²) in [5, 5.41) is 13.5. The Morgan fingerprint density at radius 1 is 0.939 bits per heavy atom. The van der Waals surface area contributed by atoms with E-state index in [2.05, 4.69) is 46.2 Å². The summed E-state index contributed by atoms with van der Waals surface area (Å²) in [6.45, 7) is 6.44. The predicted molar refractivity (Wildman–Crippen MR) is 187 cm³/mol. The summed E-state index contributed by atoms with van der Waals surface area (Å²) in [5.74, 6) is -0.359. The Hall–Kier alpha value is -4.40. The number of hydrogen-bond donors (Lipinski definition) is 1. The molecular weight excluding hydrogens is 697 g/mol. The molecule has 0 bridgehead atoms. The first-order chi connectivity index (χ1) is 23.9. The Labute approximate surface area is 292 Å². The van der Waals surface area contributed by atoms with E-state index in [0.29, 0.717) is 47.9 Å². The van der Waals surface area contributed by atoms with Gasteiger partial charge in [-0.25, -0.2) is 4.39 Å². The highest BCUT2D eigenvalue weighted by Crippen LogP contribution is 2.38. The van der Waals surface area contributed by atoms with Crippen molar-refractivity contribution in [3.8, 4) is 11.5 Å². The maximum atomic E-state index is 14.3. The first kappa shape index (κ1) is 34.5. The number of piperazine rings is 1. The molecule has 2 aromatic heterocycles. The molecule has 2 aliphatic heterocycles. The van der Waals surface area contributed by atoms with Crippen LogP contribution in [0.5, 0.6) is 11.5 Å². The third kappa shape index (κ3) is 8.61. The summed E-state index contributed by atoms with van der Waals surface area (Å²) < 4.78 is 32.3. The van der Waals surface area contributed by atoms with Crippen molar-refractivity contribution in [2.75, 3.05) is 83.0 Å². The van der Waals surface area contributed by atoms with E-state index in [1.807, 2.05) is 24.3 Å². The van der Waals surface area contributed by atoms with Gasteiger partial charge in [0.05, 0.1) is 38.3 Å². The second-order valence-corrected chi connectivity index (χ2v) is 12.8. The van der Waals surface area contributed by atoms with E-state index in [-0.39, 0.29) is 18.8 Å². The number of amides is 2. The average Bonchev–Trinajstić information content (AvgIpc) is 3.13. The molecule has 0 saturated carbocycles. The molecule has 14 heteroatoms. The third-order valence-corrected chi connectivity index (χ3v) is 9.21. The Kier molecular flexibility index (Phi) is 11.5. The van der Waals surface area contributed by atoms with Gasteiger partial charge >= 0.3 is 11.8 Å². The number of aromatic nitrogens is 3. The maximum Gasteiger partial charge on any atom is 0.313 e. The minimum atomic E-state index is -0.890. The summed E-state index contributed by atoms with van der Waals surface area (Å²) >= 11 is 3.19. The van der Waals surface area contributed by atoms with E-state index in [0.717, 1.165) is 67.7 Å². The van der Waals surface area contributed by atoms with Crippen molar-refractivity contribution in [3.63, 3.8) is 0 Å². The highest BCUT2D eigenvalue weighted by atomic mass is 79.9. The summed E-state index contributed by atoms with van der Waals surface area (Å²) in [4.78, 5) is 35.8. The van der Waals surface area contributed by atoms with Gasteiger partial charge < -0.3 is 29.3 Å². The minimum absolute atomic E-state index is 0.0562. The van der Waals surface area contributed by atoms with Gasteiger partial charge in [0.1, 0.15) is 5.82 Å². The van der Waals surface area contributed by atoms with Crippen LogP contribution in [0.2, 0.25) is 0 Å². The molecule has 4 heterocycles. The molecule has 0 atom stereocenters. The number of nitrogens with one attached hydrogen (secondary N) is 1. The zero-order valence-electron chi connectivity index (χ0n) is 27.4. The fraction of sp³-hybridized carbons (Fsp3) is 0.400. The van der Waals surface area contributed by atoms with Gasteiger partial charge in [0.2, 0.25) is 0 Å². The van der Waals surface area contributed by atoms with Crippen LogP contribution < -0.4 is 19.7 Å². The van der Waals surface area contributed by atoms with E-state index in [4.69, 9.17) is 14.2 Å². The number of ether oxygens (including phenoxy) is 3. The van der Waals surface area contributed by atoms with Gasteiger partial charge in [-0.1, -0.05) is 15.9 Å². The molecule has 2 aromatic carbocycles. The van der Waals surface area contributed by atoms with E-state index in [9.17, 15) is 14.0 Å². The second kappa shape index (κ2) is 16.3. The predicted octanol–water partition coefficient (Wildman–Crippen LogP) is 4.30. The van der Waals surface area contributed by atoms with Crippen LogP contribution in [0.1, 0.15) is 24.1 Å². The van der Waals surface area contributed by atoms with Gasteiger partial charge in [-0.2, -0.15) is 5.10 Å². The number of halogens is 2. The van der Waals surface area contributed by atoms with Gasteiger partial charge in [-0.15, -0.1) is 5.10 Å². The number of anilines is 2. The van der Waals surface area contributed by atoms with Crippen LogP contribution in [0.15, 0.2) is 59.3 Å². The SMILES string of the molecule is COc1cc2c(Cc3ccncc3)nnc(N3CCN(C(=O)C(=O)Nc4ccc(Br)cc4F)CC3)c2cc1OCCCCN1CCOCC1. The first-order valence-corrected chi connectivity index (χ1v) is 17.2. The molecule has 0 aliphatic carbocycles. The average molecular weight is 737 g/mol. The summed E-state index contributed by atoms with van der Waals surface area (Å²) in [7, 11) is 1.63. The van der Waals surface area contributed by atoms with Gasteiger partial charge in [-0.3, -0.25) is 19.5 Å². The molecule has 4 aromatic rings. The number of pyridine rings is 1. The number of carbonyl (C=O) groups excluding carboxylic acids is 2. The topological polar surface area (TPSA) is 122 Å². The van der Waals surface area contributed by atoms with Gasteiger partial charge in [0.25, 0.3) is 0 Å². The largest absolute Gasteiger partial charge is 0.493 e. The van der Waals surface area contributed by atoms with Crippen molar-refractivity contribution in [2.24, 2.45) is 0 Å². The highest BCUT2D eigenvalue weighted by Gasteiger charge is 2.29. The number of methoxy groups -OCH3 is 1. The van der Waals surface area contributed by atoms with Crippen molar-refractivity contribution < 1.29 is 28.2 Å². The number of nitrogens with zero attached hydrogens (tertiary/aromatic N) is 6. The van der Waals surface area contributed by atoms with Crippen LogP contribution in [0, 0.1) is 5.82 Å². The normalized spacial score (nSPS) is 15.3. The maximum absolute atomic E-state index is 14.3. The van der Waals surface area contributed by atoms with E-state index in [1.165, 1.54) is 17.0 Å². The Morgan fingerprint density at radius 3 is 2.43 bits per heavy atom. The molecule has 1 N–H and O–H groups in total. The number of morpholine rings is 1. The van der Waals surface area contributed by atoms with Crippen LogP contribution in [0.25, 0.3) is 10.8 Å². The fourth-order valence-corrected chi connectivity index (χ4v) is 6.34. The summed E-state index contributed by atoms with van der Waals surface area (Å²) in [6.07, 6.45) is 5.96. The van der Waals surface area contributed by atoms with Crippen molar-refractivity contribution in [1.82, 2.24) is 25.0 Å². The van der Waals surface area contributed by atoms with Gasteiger partial charge in [0.15, 0.2) is 17.3 Å². The lowest BCUT2D eigenvalue weighted by Gasteiger charge is -2.35. The quantitative estimate of drug-likeness (QED) is 0.176. The molecule has 0 radical (unpaired) electrons. The zero-order valence-corrected chi connectivity index (χ0v) is 29.0. The third-order valence-electron chi connectivity index (χ3n) is 8.71. The number of unbranched alkanes of at least 4 members (excludes halogenated alkanes) is 1. The van der Waals surface area contributed by atoms with E-state index >= 15 is 0 Å². The van der Waals surface area contributed by atoms with Crippen LogP contribution in [-0.4, -0.2) is 110 Å². The summed E-state index contributed by atoms with van der Waals surface area (Å²) in [5.41, 5.74) is 1.77. The molecule has 2 amide bonds. The smallest absolute Gasteiger partial charge is 0.313 e. The Balaban J connectivity index is 1.18. The number of carbonyl (C=O) groups is 2. The number of fused-ring (bicyclic) bond motifs is 1. The molecule has 6 rings (SSSR count). The Bertz CT molecular complexity index is 1770. The molecule has 2 aliphatic rings. The lowest BCUT2D eigenvalue weighted by Crippen LogP contribution is -2.52.